The second-order valence-electron chi connectivity index (χ2n) is 4.70. The Labute approximate surface area is 105 Å². The van der Waals surface area contributed by atoms with E-state index in [2.05, 4.69) is 31.9 Å². The van der Waals surface area contributed by atoms with Crippen LogP contribution in [0.25, 0.3) is 0 Å². The zero-order valence-electron chi connectivity index (χ0n) is 9.95. The Bertz CT molecular complexity index is 343. The van der Waals surface area contributed by atoms with Crippen molar-refractivity contribution in [2.45, 2.75) is 58.3 Å². The standard InChI is InChI=1S/C12H19BrN2O/c1-9(2)16-8-12-11(13)7-15(14-12)10-5-3-4-6-10/h7,9-10H,3-6,8H2,1-2H3. The van der Waals surface area contributed by atoms with Crippen LogP contribution in [0, 0.1) is 0 Å². The second kappa shape index (κ2) is 5.32. The van der Waals surface area contributed by atoms with E-state index in [9.17, 15) is 0 Å². The zero-order chi connectivity index (χ0) is 11.5. The molecule has 4 heteroatoms. The highest BCUT2D eigenvalue weighted by Gasteiger charge is 2.19. The van der Waals surface area contributed by atoms with Gasteiger partial charge in [0.25, 0.3) is 0 Å². The van der Waals surface area contributed by atoms with E-state index < -0.39 is 0 Å². The maximum atomic E-state index is 5.58. The van der Waals surface area contributed by atoms with E-state index in [1.165, 1.54) is 25.7 Å². The predicted octanol–water partition coefficient (Wildman–Crippen LogP) is 3.69. The van der Waals surface area contributed by atoms with Crippen molar-refractivity contribution in [3.63, 3.8) is 0 Å². The van der Waals surface area contributed by atoms with Crippen LogP contribution in [0.3, 0.4) is 0 Å². The fraction of sp³-hybridized carbons (Fsp3) is 0.750. The summed E-state index contributed by atoms with van der Waals surface area (Å²) >= 11 is 3.55. The molecule has 0 aromatic carbocycles. The number of aromatic nitrogens is 2. The van der Waals surface area contributed by atoms with E-state index in [1.807, 2.05) is 13.8 Å². The van der Waals surface area contributed by atoms with Crippen molar-refractivity contribution in [2.24, 2.45) is 0 Å². The highest BCUT2D eigenvalue weighted by Crippen LogP contribution is 2.30. The molecule has 1 aliphatic carbocycles. The van der Waals surface area contributed by atoms with Crippen molar-refractivity contribution in [1.82, 2.24) is 9.78 Å². The van der Waals surface area contributed by atoms with Crippen LogP contribution in [-0.4, -0.2) is 15.9 Å². The minimum atomic E-state index is 0.253. The Balaban J connectivity index is 2.02. The van der Waals surface area contributed by atoms with Gasteiger partial charge in [-0.05, 0) is 42.6 Å². The molecule has 1 aliphatic rings. The molecule has 0 bridgehead atoms. The zero-order valence-corrected chi connectivity index (χ0v) is 11.5. The van der Waals surface area contributed by atoms with E-state index in [4.69, 9.17) is 4.74 Å². The predicted molar refractivity (Wildman–Crippen MR) is 67.4 cm³/mol. The van der Waals surface area contributed by atoms with Crippen molar-refractivity contribution in [3.05, 3.63) is 16.4 Å². The number of hydrogen-bond acceptors (Lipinski definition) is 2. The molecule has 1 fully saturated rings. The Morgan fingerprint density at radius 2 is 2.19 bits per heavy atom. The van der Waals surface area contributed by atoms with Crippen molar-refractivity contribution < 1.29 is 4.74 Å². The van der Waals surface area contributed by atoms with Gasteiger partial charge < -0.3 is 4.74 Å². The van der Waals surface area contributed by atoms with Crippen LogP contribution in [0.2, 0.25) is 0 Å². The van der Waals surface area contributed by atoms with Gasteiger partial charge in [-0.15, -0.1) is 0 Å². The Morgan fingerprint density at radius 3 is 2.81 bits per heavy atom. The van der Waals surface area contributed by atoms with Gasteiger partial charge in [0.2, 0.25) is 0 Å². The fourth-order valence-corrected chi connectivity index (χ4v) is 2.51. The van der Waals surface area contributed by atoms with E-state index in [1.54, 1.807) is 0 Å². The van der Waals surface area contributed by atoms with Gasteiger partial charge in [-0.1, -0.05) is 12.8 Å². The van der Waals surface area contributed by atoms with Crippen LogP contribution in [-0.2, 0) is 11.3 Å². The molecule has 0 spiro atoms. The molecule has 0 amide bonds. The lowest BCUT2D eigenvalue weighted by atomic mass is 10.3. The van der Waals surface area contributed by atoms with Crippen LogP contribution in [0.15, 0.2) is 10.7 Å². The molecule has 1 heterocycles. The summed E-state index contributed by atoms with van der Waals surface area (Å²) in [6, 6.07) is 0.601. The van der Waals surface area contributed by atoms with E-state index in [0.717, 1.165) is 10.2 Å². The average molecular weight is 287 g/mol. The number of rotatable bonds is 4. The maximum absolute atomic E-state index is 5.58. The van der Waals surface area contributed by atoms with E-state index >= 15 is 0 Å². The third-order valence-corrected chi connectivity index (χ3v) is 3.67. The van der Waals surface area contributed by atoms with Crippen LogP contribution >= 0.6 is 15.9 Å². The third-order valence-electron chi connectivity index (χ3n) is 3.01. The molecule has 0 aliphatic heterocycles. The monoisotopic (exact) mass is 286 g/mol. The molecular formula is C12H19BrN2O. The molecule has 90 valence electrons. The maximum Gasteiger partial charge on any atom is 0.102 e. The first-order valence-electron chi connectivity index (χ1n) is 6.02. The first-order chi connectivity index (χ1) is 7.66. The normalized spacial score (nSPS) is 17.5. The van der Waals surface area contributed by atoms with Gasteiger partial charge in [0, 0.05) is 6.20 Å². The minimum Gasteiger partial charge on any atom is -0.372 e. The van der Waals surface area contributed by atoms with Crippen LogP contribution < -0.4 is 0 Å². The Morgan fingerprint density at radius 1 is 1.50 bits per heavy atom. The van der Waals surface area contributed by atoms with Gasteiger partial charge in [-0.2, -0.15) is 5.10 Å². The third kappa shape index (κ3) is 2.86. The topological polar surface area (TPSA) is 27.1 Å². The van der Waals surface area contributed by atoms with Crippen molar-refractivity contribution >= 4 is 15.9 Å². The quantitative estimate of drug-likeness (QED) is 0.844. The molecule has 16 heavy (non-hydrogen) atoms. The average Bonchev–Trinajstić information content (AvgIpc) is 2.83. The number of hydrogen-bond donors (Lipinski definition) is 0. The molecular weight excluding hydrogens is 268 g/mol. The molecule has 0 radical (unpaired) electrons. The smallest absolute Gasteiger partial charge is 0.102 e. The van der Waals surface area contributed by atoms with Crippen molar-refractivity contribution in [3.8, 4) is 0 Å². The molecule has 2 rings (SSSR count). The van der Waals surface area contributed by atoms with E-state index in [-0.39, 0.29) is 6.10 Å². The summed E-state index contributed by atoms with van der Waals surface area (Å²) in [7, 11) is 0. The summed E-state index contributed by atoms with van der Waals surface area (Å²) in [5.74, 6) is 0. The lowest BCUT2D eigenvalue weighted by Crippen LogP contribution is -2.07. The summed E-state index contributed by atoms with van der Waals surface area (Å²) in [4.78, 5) is 0. The summed E-state index contributed by atoms with van der Waals surface area (Å²) < 4.78 is 8.76. The molecule has 0 unspecified atom stereocenters. The molecule has 0 saturated heterocycles. The first-order valence-corrected chi connectivity index (χ1v) is 6.81. The summed E-state index contributed by atoms with van der Waals surface area (Å²) in [5, 5.41) is 4.61. The molecule has 1 saturated carbocycles. The molecule has 1 aromatic rings. The molecule has 0 N–H and O–H groups in total. The Hall–Kier alpha value is -0.350. The highest BCUT2D eigenvalue weighted by atomic mass is 79.9. The van der Waals surface area contributed by atoms with Gasteiger partial charge in [-0.3, -0.25) is 4.68 Å². The lowest BCUT2D eigenvalue weighted by Gasteiger charge is -2.09. The fourth-order valence-electron chi connectivity index (χ4n) is 2.11. The second-order valence-corrected chi connectivity index (χ2v) is 5.56. The molecule has 1 aromatic heterocycles. The number of ether oxygens (including phenoxy) is 1. The van der Waals surface area contributed by atoms with Crippen molar-refractivity contribution in [1.29, 1.82) is 0 Å². The summed E-state index contributed by atoms with van der Waals surface area (Å²) in [6.07, 6.45) is 7.54. The highest BCUT2D eigenvalue weighted by molar-refractivity contribution is 9.10. The van der Waals surface area contributed by atoms with E-state index in [0.29, 0.717) is 12.6 Å². The SMILES string of the molecule is CC(C)OCc1nn(C2CCCC2)cc1Br. The van der Waals surface area contributed by atoms with Crippen LogP contribution in [0.4, 0.5) is 0 Å². The first kappa shape index (κ1) is 12.1. The molecule has 0 atom stereocenters. The van der Waals surface area contributed by atoms with Gasteiger partial charge in [0.1, 0.15) is 5.69 Å². The lowest BCUT2D eigenvalue weighted by molar-refractivity contribution is 0.0628. The largest absolute Gasteiger partial charge is 0.372 e. The minimum absolute atomic E-state index is 0.253. The summed E-state index contributed by atoms with van der Waals surface area (Å²) in [6.45, 7) is 4.68. The summed E-state index contributed by atoms with van der Waals surface area (Å²) in [5.41, 5.74) is 1.01. The van der Waals surface area contributed by atoms with Gasteiger partial charge >= 0.3 is 0 Å². The molecule has 3 nitrogen and oxygen atoms in total. The van der Waals surface area contributed by atoms with Crippen molar-refractivity contribution in [2.75, 3.05) is 0 Å². The number of nitrogens with zero attached hydrogens (tertiary/aromatic N) is 2. The Kier molecular flexibility index (Phi) is 4.03. The van der Waals surface area contributed by atoms with Crippen LogP contribution in [0.1, 0.15) is 51.3 Å². The number of halogens is 1. The van der Waals surface area contributed by atoms with Gasteiger partial charge in [0.05, 0.1) is 23.2 Å². The van der Waals surface area contributed by atoms with Crippen LogP contribution in [0.5, 0.6) is 0 Å². The van der Waals surface area contributed by atoms with Gasteiger partial charge in [0.15, 0.2) is 0 Å². The van der Waals surface area contributed by atoms with Gasteiger partial charge in [-0.25, -0.2) is 0 Å².